The maximum Gasteiger partial charge on any atom is 0.395 e. The molecule has 0 aliphatic heterocycles. The van der Waals surface area contributed by atoms with Gasteiger partial charge < -0.3 is 19.6 Å². The first-order valence-electron chi connectivity index (χ1n) is 6.21. The van der Waals surface area contributed by atoms with E-state index in [0.717, 1.165) is 6.08 Å². The molecular formula is C15H14FNO5. The summed E-state index contributed by atoms with van der Waals surface area (Å²) in [4.78, 5) is 13.9. The fourth-order valence-corrected chi connectivity index (χ4v) is 1.84. The highest BCUT2D eigenvalue weighted by Crippen LogP contribution is 2.34. The largest absolute Gasteiger partial charge is 0.497 e. The number of benzene rings is 1. The topological polar surface area (TPSA) is 83.9 Å². The van der Waals surface area contributed by atoms with Gasteiger partial charge in [-0.15, -0.1) is 0 Å². The van der Waals surface area contributed by atoms with Gasteiger partial charge in [-0.2, -0.15) is 0 Å². The SMILES string of the molecule is COc1ccc(OC)c(-c2ccc(/C=C(\N)C(=O)OF)o2)c1. The van der Waals surface area contributed by atoms with Gasteiger partial charge in [0.1, 0.15) is 28.7 Å². The fraction of sp³-hybridized carbons (Fsp3) is 0.133. The number of furan rings is 1. The number of methoxy groups -OCH3 is 2. The minimum Gasteiger partial charge on any atom is -0.497 e. The van der Waals surface area contributed by atoms with Crippen LogP contribution in [-0.4, -0.2) is 20.2 Å². The second-order valence-corrected chi connectivity index (χ2v) is 4.23. The lowest BCUT2D eigenvalue weighted by molar-refractivity contribution is -0.178. The molecule has 0 bridgehead atoms. The summed E-state index contributed by atoms with van der Waals surface area (Å²) in [5.74, 6) is 0.676. The number of rotatable bonds is 5. The molecule has 0 spiro atoms. The van der Waals surface area contributed by atoms with Crippen LogP contribution in [0, 0.1) is 0 Å². The molecule has 7 heteroatoms. The van der Waals surface area contributed by atoms with E-state index in [2.05, 4.69) is 4.94 Å². The first-order valence-corrected chi connectivity index (χ1v) is 6.21. The Bertz CT molecular complexity index is 708. The van der Waals surface area contributed by atoms with Crippen LogP contribution in [-0.2, 0) is 9.74 Å². The number of carbonyl (C=O) groups excluding carboxylic acids is 1. The van der Waals surface area contributed by atoms with Crippen molar-refractivity contribution in [2.24, 2.45) is 5.73 Å². The zero-order chi connectivity index (χ0) is 16.1. The number of hydrogen-bond acceptors (Lipinski definition) is 6. The monoisotopic (exact) mass is 307 g/mol. The van der Waals surface area contributed by atoms with E-state index in [4.69, 9.17) is 19.6 Å². The molecule has 0 aliphatic rings. The average molecular weight is 307 g/mol. The second-order valence-electron chi connectivity index (χ2n) is 4.23. The number of hydrogen-bond donors (Lipinski definition) is 1. The number of halogens is 1. The van der Waals surface area contributed by atoms with Gasteiger partial charge in [-0.3, -0.25) is 0 Å². The molecule has 2 rings (SSSR count). The van der Waals surface area contributed by atoms with Crippen molar-refractivity contribution in [3.05, 3.63) is 41.8 Å². The van der Waals surface area contributed by atoms with Gasteiger partial charge in [0.15, 0.2) is 0 Å². The molecule has 1 aromatic heterocycles. The molecule has 6 nitrogen and oxygen atoms in total. The summed E-state index contributed by atoms with van der Waals surface area (Å²) < 4.78 is 27.7. The molecule has 0 fully saturated rings. The number of carbonyl (C=O) groups is 1. The molecule has 22 heavy (non-hydrogen) atoms. The Hall–Kier alpha value is -2.96. The average Bonchev–Trinajstić information content (AvgIpc) is 3.01. The summed E-state index contributed by atoms with van der Waals surface area (Å²) >= 11 is 0. The summed E-state index contributed by atoms with van der Waals surface area (Å²) in [6.45, 7) is 0. The fourth-order valence-electron chi connectivity index (χ4n) is 1.84. The van der Waals surface area contributed by atoms with Gasteiger partial charge >= 0.3 is 5.97 Å². The van der Waals surface area contributed by atoms with Gasteiger partial charge in [0.05, 0.1) is 19.8 Å². The molecule has 0 atom stereocenters. The maximum absolute atomic E-state index is 11.8. The van der Waals surface area contributed by atoms with Crippen molar-refractivity contribution >= 4 is 12.0 Å². The lowest BCUT2D eigenvalue weighted by atomic mass is 10.1. The Morgan fingerprint density at radius 1 is 1.23 bits per heavy atom. The predicted octanol–water partition coefficient (Wildman–Crippen LogP) is 2.69. The maximum atomic E-state index is 11.8. The molecule has 0 unspecified atom stereocenters. The molecule has 1 aromatic carbocycles. The van der Waals surface area contributed by atoms with E-state index in [-0.39, 0.29) is 5.76 Å². The quantitative estimate of drug-likeness (QED) is 0.855. The van der Waals surface area contributed by atoms with Crippen molar-refractivity contribution in [2.45, 2.75) is 0 Å². The zero-order valence-corrected chi connectivity index (χ0v) is 12.0. The van der Waals surface area contributed by atoms with Crippen LogP contribution in [0.4, 0.5) is 4.53 Å². The van der Waals surface area contributed by atoms with Crippen LogP contribution in [0.25, 0.3) is 17.4 Å². The molecule has 0 amide bonds. The van der Waals surface area contributed by atoms with Crippen molar-refractivity contribution in [1.82, 2.24) is 0 Å². The first kappa shape index (κ1) is 15.4. The van der Waals surface area contributed by atoms with Crippen LogP contribution in [0.3, 0.4) is 0 Å². The van der Waals surface area contributed by atoms with Crippen LogP contribution in [0.15, 0.2) is 40.4 Å². The number of ether oxygens (including phenoxy) is 2. The van der Waals surface area contributed by atoms with Crippen LogP contribution in [0.5, 0.6) is 11.5 Å². The molecule has 0 radical (unpaired) electrons. The zero-order valence-electron chi connectivity index (χ0n) is 12.0. The first-order chi connectivity index (χ1) is 10.6. The van der Waals surface area contributed by atoms with Crippen LogP contribution < -0.4 is 15.2 Å². The number of nitrogens with two attached hydrogens (primary N) is 1. The third-order valence-electron chi connectivity index (χ3n) is 2.90. The Balaban J connectivity index is 2.38. The highest BCUT2D eigenvalue weighted by atomic mass is 19.3. The van der Waals surface area contributed by atoms with Gasteiger partial charge in [0, 0.05) is 10.6 Å². The molecule has 0 saturated heterocycles. The minimum absolute atomic E-state index is 0.266. The minimum atomic E-state index is -1.28. The van der Waals surface area contributed by atoms with Crippen molar-refractivity contribution in [3.8, 4) is 22.8 Å². The normalized spacial score (nSPS) is 11.1. The molecule has 2 N–H and O–H groups in total. The summed E-state index contributed by atoms with van der Waals surface area (Å²) in [6.07, 6.45) is 1.16. The summed E-state index contributed by atoms with van der Waals surface area (Å²) in [6, 6.07) is 8.47. The van der Waals surface area contributed by atoms with E-state index in [0.29, 0.717) is 22.8 Å². The van der Waals surface area contributed by atoms with Gasteiger partial charge in [-0.25, -0.2) is 9.74 Å². The summed E-state index contributed by atoms with van der Waals surface area (Å²) in [5, 5.41) is 0. The Morgan fingerprint density at radius 2 is 2.00 bits per heavy atom. The van der Waals surface area contributed by atoms with Crippen LogP contribution in [0.1, 0.15) is 5.76 Å². The smallest absolute Gasteiger partial charge is 0.395 e. The highest BCUT2D eigenvalue weighted by Gasteiger charge is 2.13. The van der Waals surface area contributed by atoms with E-state index in [1.165, 1.54) is 7.11 Å². The summed E-state index contributed by atoms with van der Waals surface area (Å²) in [7, 11) is 3.08. The van der Waals surface area contributed by atoms with Crippen molar-refractivity contribution in [1.29, 1.82) is 0 Å². The lowest BCUT2D eigenvalue weighted by Crippen LogP contribution is -2.10. The van der Waals surface area contributed by atoms with Crippen LogP contribution >= 0.6 is 0 Å². The van der Waals surface area contributed by atoms with Crippen LogP contribution in [0.2, 0.25) is 0 Å². The van der Waals surface area contributed by atoms with E-state index >= 15 is 0 Å². The third kappa shape index (κ3) is 3.20. The predicted molar refractivity (Wildman–Crippen MR) is 76.6 cm³/mol. The van der Waals surface area contributed by atoms with Gasteiger partial charge in [0.25, 0.3) is 0 Å². The van der Waals surface area contributed by atoms with E-state index in [9.17, 15) is 9.32 Å². The van der Waals surface area contributed by atoms with E-state index in [1.54, 1.807) is 37.4 Å². The molecular weight excluding hydrogens is 293 g/mol. The standard InChI is InChI=1S/C15H14FNO5/c1-19-9-3-5-13(20-2)11(7-9)14-6-4-10(21-14)8-12(17)15(18)22-16/h3-8H,17H2,1-2H3/b12-8-. The van der Waals surface area contributed by atoms with Gasteiger partial charge in [0.2, 0.25) is 0 Å². The van der Waals surface area contributed by atoms with E-state index < -0.39 is 11.7 Å². The van der Waals surface area contributed by atoms with Crippen molar-refractivity contribution in [3.63, 3.8) is 0 Å². The molecule has 0 saturated carbocycles. The van der Waals surface area contributed by atoms with Crippen molar-refractivity contribution in [2.75, 3.05) is 14.2 Å². The molecule has 2 aromatic rings. The molecule has 1 heterocycles. The second kappa shape index (κ2) is 6.66. The highest BCUT2D eigenvalue weighted by molar-refractivity contribution is 5.91. The summed E-state index contributed by atoms with van der Waals surface area (Å²) in [5.41, 5.74) is 5.60. The van der Waals surface area contributed by atoms with Crippen molar-refractivity contribution < 1.29 is 28.2 Å². The Labute approximate surface area is 125 Å². The Morgan fingerprint density at radius 3 is 2.64 bits per heavy atom. The third-order valence-corrected chi connectivity index (χ3v) is 2.90. The molecule has 116 valence electrons. The van der Waals surface area contributed by atoms with Gasteiger partial charge in [-0.05, 0) is 30.3 Å². The van der Waals surface area contributed by atoms with E-state index in [1.807, 2.05) is 0 Å². The molecule has 0 aliphatic carbocycles. The van der Waals surface area contributed by atoms with Gasteiger partial charge in [-0.1, -0.05) is 0 Å². The Kier molecular flexibility index (Phi) is 4.67. The lowest BCUT2D eigenvalue weighted by Gasteiger charge is -2.08.